The molecule has 7 nitrogen and oxygen atoms in total. The lowest BCUT2D eigenvalue weighted by molar-refractivity contribution is -0.129. The number of halogens is 1. The quantitative estimate of drug-likeness (QED) is 0.809. The molecule has 1 aromatic heterocycles. The number of nitrogens with zero attached hydrogens (tertiary/aromatic N) is 5. The molecule has 1 saturated heterocycles. The predicted molar refractivity (Wildman–Crippen MR) is 70.5 cm³/mol. The van der Waals surface area contributed by atoms with E-state index in [9.17, 15) is 4.79 Å². The molecule has 1 aromatic rings. The molecule has 1 aliphatic rings. The summed E-state index contributed by atoms with van der Waals surface area (Å²) < 4.78 is 5.24. The van der Waals surface area contributed by atoms with Gasteiger partial charge in [-0.15, -0.1) is 0 Å². The molecule has 8 heteroatoms. The van der Waals surface area contributed by atoms with Crippen LogP contribution in [0, 0.1) is 0 Å². The molecule has 1 aliphatic heterocycles. The monoisotopic (exact) mass is 285 g/mol. The van der Waals surface area contributed by atoms with Crippen molar-refractivity contribution in [3.05, 3.63) is 5.28 Å². The van der Waals surface area contributed by atoms with Crippen LogP contribution in [-0.4, -0.2) is 58.5 Å². The fourth-order valence-electron chi connectivity index (χ4n) is 1.88. The standard InChI is InChI=1S/C11H16ClN5O2/c1-3-19-11-14-9(12)13-10(15-11)17-6-4-16(5-7-17)8(2)18/h3-7H2,1-2H3. The van der Waals surface area contributed by atoms with E-state index in [-0.39, 0.29) is 17.2 Å². The smallest absolute Gasteiger partial charge is 0.322 e. The average Bonchev–Trinajstić information content (AvgIpc) is 2.38. The first-order valence-electron chi connectivity index (χ1n) is 6.15. The number of aromatic nitrogens is 3. The van der Waals surface area contributed by atoms with E-state index in [1.54, 1.807) is 11.8 Å². The molecule has 0 atom stereocenters. The number of hydrogen-bond acceptors (Lipinski definition) is 6. The topological polar surface area (TPSA) is 71.5 Å². The van der Waals surface area contributed by atoms with Gasteiger partial charge in [-0.05, 0) is 18.5 Å². The van der Waals surface area contributed by atoms with Gasteiger partial charge in [-0.3, -0.25) is 4.79 Å². The lowest BCUT2D eigenvalue weighted by atomic mass is 10.3. The van der Waals surface area contributed by atoms with Gasteiger partial charge in [0.15, 0.2) is 0 Å². The number of rotatable bonds is 3. The molecule has 2 rings (SSSR count). The van der Waals surface area contributed by atoms with Crippen molar-refractivity contribution in [2.24, 2.45) is 0 Å². The Bertz CT molecular complexity index is 462. The maximum Gasteiger partial charge on any atom is 0.322 e. The molecule has 0 unspecified atom stereocenters. The number of hydrogen-bond donors (Lipinski definition) is 0. The predicted octanol–water partition coefficient (Wildman–Crippen LogP) is 0.592. The molecule has 19 heavy (non-hydrogen) atoms. The molecule has 1 amide bonds. The Morgan fingerprint density at radius 3 is 2.53 bits per heavy atom. The van der Waals surface area contributed by atoms with E-state index in [1.807, 2.05) is 11.8 Å². The highest BCUT2D eigenvalue weighted by atomic mass is 35.5. The summed E-state index contributed by atoms with van der Waals surface area (Å²) in [4.78, 5) is 27.2. The summed E-state index contributed by atoms with van der Waals surface area (Å²) in [6, 6.07) is 0.228. The number of carbonyl (C=O) groups is 1. The summed E-state index contributed by atoms with van der Waals surface area (Å²) in [7, 11) is 0. The zero-order valence-corrected chi connectivity index (χ0v) is 11.7. The Balaban J connectivity index is 2.08. The second-order valence-electron chi connectivity index (χ2n) is 4.11. The van der Waals surface area contributed by atoms with Gasteiger partial charge in [0.25, 0.3) is 0 Å². The highest BCUT2D eigenvalue weighted by molar-refractivity contribution is 6.28. The average molecular weight is 286 g/mol. The summed E-state index contributed by atoms with van der Waals surface area (Å²) >= 11 is 5.85. The third-order valence-electron chi connectivity index (χ3n) is 2.86. The molecular formula is C11H16ClN5O2. The van der Waals surface area contributed by atoms with Crippen molar-refractivity contribution in [3.8, 4) is 6.01 Å². The first-order chi connectivity index (χ1) is 9.10. The van der Waals surface area contributed by atoms with Crippen LogP contribution in [0.25, 0.3) is 0 Å². The van der Waals surface area contributed by atoms with Gasteiger partial charge in [-0.1, -0.05) is 0 Å². The van der Waals surface area contributed by atoms with Gasteiger partial charge in [0.2, 0.25) is 17.1 Å². The molecule has 104 valence electrons. The van der Waals surface area contributed by atoms with Gasteiger partial charge < -0.3 is 14.5 Å². The fraction of sp³-hybridized carbons (Fsp3) is 0.636. The SMILES string of the molecule is CCOc1nc(Cl)nc(N2CCN(C(C)=O)CC2)n1. The Kier molecular flexibility index (Phi) is 4.36. The van der Waals surface area contributed by atoms with Crippen LogP contribution in [-0.2, 0) is 4.79 Å². The molecule has 0 aromatic carbocycles. The molecule has 0 aliphatic carbocycles. The van der Waals surface area contributed by atoms with Gasteiger partial charge in [0.1, 0.15) is 0 Å². The summed E-state index contributed by atoms with van der Waals surface area (Å²) in [5, 5.41) is 0.113. The summed E-state index contributed by atoms with van der Waals surface area (Å²) in [5.41, 5.74) is 0. The van der Waals surface area contributed by atoms with Crippen LogP contribution >= 0.6 is 11.6 Å². The highest BCUT2D eigenvalue weighted by Gasteiger charge is 2.21. The molecule has 0 N–H and O–H groups in total. The van der Waals surface area contributed by atoms with Crippen LogP contribution in [0.4, 0.5) is 5.95 Å². The van der Waals surface area contributed by atoms with Gasteiger partial charge in [-0.2, -0.15) is 15.0 Å². The molecule has 0 saturated carbocycles. The first kappa shape index (κ1) is 13.8. The highest BCUT2D eigenvalue weighted by Crippen LogP contribution is 2.16. The van der Waals surface area contributed by atoms with Crippen molar-refractivity contribution in [2.45, 2.75) is 13.8 Å². The Morgan fingerprint density at radius 1 is 1.26 bits per heavy atom. The molecule has 1 fully saturated rings. The zero-order valence-electron chi connectivity index (χ0n) is 11.0. The third kappa shape index (κ3) is 3.44. The van der Waals surface area contributed by atoms with Gasteiger partial charge in [0, 0.05) is 33.1 Å². The number of ether oxygens (including phenoxy) is 1. The third-order valence-corrected chi connectivity index (χ3v) is 3.03. The van der Waals surface area contributed by atoms with Crippen LogP contribution < -0.4 is 9.64 Å². The Morgan fingerprint density at radius 2 is 1.95 bits per heavy atom. The van der Waals surface area contributed by atoms with E-state index in [0.29, 0.717) is 38.7 Å². The van der Waals surface area contributed by atoms with E-state index >= 15 is 0 Å². The molecule has 2 heterocycles. The van der Waals surface area contributed by atoms with Crippen LogP contribution in [0.5, 0.6) is 6.01 Å². The normalized spacial score (nSPS) is 15.5. The second-order valence-corrected chi connectivity index (χ2v) is 4.45. The van der Waals surface area contributed by atoms with Gasteiger partial charge in [0.05, 0.1) is 6.61 Å². The van der Waals surface area contributed by atoms with Crippen LogP contribution in [0.2, 0.25) is 5.28 Å². The van der Waals surface area contributed by atoms with E-state index in [2.05, 4.69) is 15.0 Å². The summed E-state index contributed by atoms with van der Waals surface area (Å²) in [5.74, 6) is 0.579. The van der Waals surface area contributed by atoms with E-state index in [1.165, 1.54) is 0 Å². The van der Waals surface area contributed by atoms with Gasteiger partial charge >= 0.3 is 6.01 Å². The molecular weight excluding hydrogens is 270 g/mol. The Hall–Kier alpha value is -1.63. The van der Waals surface area contributed by atoms with E-state index in [4.69, 9.17) is 16.3 Å². The summed E-state index contributed by atoms with van der Waals surface area (Å²) in [6.07, 6.45) is 0. The molecule has 0 radical (unpaired) electrons. The van der Waals surface area contributed by atoms with E-state index < -0.39 is 0 Å². The van der Waals surface area contributed by atoms with Crippen LogP contribution in [0.15, 0.2) is 0 Å². The van der Waals surface area contributed by atoms with Crippen LogP contribution in [0.3, 0.4) is 0 Å². The number of amides is 1. The van der Waals surface area contributed by atoms with Crippen molar-refractivity contribution in [3.63, 3.8) is 0 Å². The minimum Gasteiger partial charge on any atom is -0.464 e. The Labute approximate surface area is 116 Å². The van der Waals surface area contributed by atoms with Crippen LogP contribution in [0.1, 0.15) is 13.8 Å². The second kappa shape index (κ2) is 6.01. The van der Waals surface area contributed by atoms with Crippen molar-refractivity contribution in [1.29, 1.82) is 0 Å². The van der Waals surface area contributed by atoms with E-state index in [0.717, 1.165) is 0 Å². The maximum atomic E-state index is 11.3. The van der Waals surface area contributed by atoms with Gasteiger partial charge in [-0.25, -0.2) is 0 Å². The lowest BCUT2D eigenvalue weighted by Gasteiger charge is -2.34. The maximum absolute atomic E-state index is 11.3. The molecule has 0 spiro atoms. The fourth-order valence-corrected chi connectivity index (χ4v) is 2.03. The summed E-state index contributed by atoms with van der Waals surface area (Å²) in [6.45, 7) is 6.55. The molecule has 0 bridgehead atoms. The van der Waals surface area contributed by atoms with Crippen molar-refractivity contribution < 1.29 is 9.53 Å². The first-order valence-corrected chi connectivity index (χ1v) is 6.52. The van der Waals surface area contributed by atoms with Crippen molar-refractivity contribution in [1.82, 2.24) is 19.9 Å². The van der Waals surface area contributed by atoms with Crippen molar-refractivity contribution >= 4 is 23.5 Å². The largest absolute Gasteiger partial charge is 0.464 e. The van der Waals surface area contributed by atoms with Crippen molar-refractivity contribution in [2.75, 3.05) is 37.7 Å². The number of anilines is 1. The minimum atomic E-state index is 0.0864. The minimum absolute atomic E-state index is 0.0864. The lowest BCUT2D eigenvalue weighted by Crippen LogP contribution is -2.48. The zero-order chi connectivity index (χ0) is 13.8. The number of carbonyl (C=O) groups excluding carboxylic acids is 1. The number of piperazine rings is 1.